The number of carbonyl (C=O) groups is 2. The average molecular weight is 290 g/mol. The van der Waals surface area contributed by atoms with E-state index < -0.39 is 0 Å². The van der Waals surface area contributed by atoms with Gasteiger partial charge in [0, 0.05) is 19.2 Å². The lowest BCUT2D eigenvalue weighted by molar-refractivity contribution is -0.132. The summed E-state index contributed by atoms with van der Waals surface area (Å²) in [5.74, 6) is 0.280. The van der Waals surface area contributed by atoms with E-state index in [1.807, 2.05) is 12.1 Å². The molecule has 2 atom stereocenters. The largest absolute Gasteiger partial charge is 0.394 e. The molecule has 1 heterocycles. The maximum absolute atomic E-state index is 12.3. The molecule has 0 bridgehead atoms. The molecule has 2 unspecified atom stereocenters. The Hall–Kier alpha value is -1.88. The summed E-state index contributed by atoms with van der Waals surface area (Å²) in [5.41, 5.74) is 1.63. The Balaban J connectivity index is 1.98. The van der Waals surface area contributed by atoms with E-state index in [2.05, 4.69) is 12.2 Å². The highest BCUT2D eigenvalue weighted by Crippen LogP contribution is 2.24. The van der Waals surface area contributed by atoms with Crippen molar-refractivity contribution in [1.82, 2.24) is 4.90 Å². The van der Waals surface area contributed by atoms with Gasteiger partial charge in [0.2, 0.25) is 11.8 Å². The average Bonchev–Trinajstić information content (AvgIpc) is 2.81. The Bertz CT molecular complexity index is 513. The zero-order valence-electron chi connectivity index (χ0n) is 12.5. The Morgan fingerprint density at radius 1 is 1.33 bits per heavy atom. The lowest BCUT2D eigenvalue weighted by Gasteiger charge is -2.25. The topological polar surface area (TPSA) is 69.6 Å². The van der Waals surface area contributed by atoms with E-state index in [1.165, 1.54) is 6.92 Å². The van der Waals surface area contributed by atoms with Crippen LogP contribution in [0.2, 0.25) is 0 Å². The first kappa shape index (κ1) is 15.5. The van der Waals surface area contributed by atoms with Crippen molar-refractivity contribution in [2.24, 2.45) is 5.92 Å². The third-order valence-corrected chi connectivity index (χ3v) is 4.02. The summed E-state index contributed by atoms with van der Waals surface area (Å²) in [6.07, 6.45) is 1.27. The van der Waals surface area contributed by atoms with Crippen LogP contribution in [0.1, 0.15) is 25.8 Å². The van der Waals surface area contributed by atoms with Gasteiger partial charge < -0.3 is 15.3 Å². The summed E-state index contributed by atoms with van der Waals surface area (Å²) in [6.45, 7) is 4.26. The SMILES string of the molecule is CC(=O)Nc1ccc(CC(=O)N2CCC(C)C2CO)cc1. The van der Waals surface area contributed by atoms with Crippen molar-refractivity contribution < 1.29 is 14.7 Å². The molecule has 1 saturated heterocycles. The molecule has 1 aliphatic rings. The lowest BCUT2D eigenvalue weighted by atomic mass is 10.0. The van der Waals surface area contributed by atoms with Crippen molar-refractivity contribution in [2.75, 3.05) is 18.5 Å². The van der Waals surface area contributed by atoms with Gasteiger partial charge in [-0.1, -0.05) is 19.1 Å². The molecule has 5 heteroatoms. The maximum Gasteiger partial charge on any atom is 0.227 e. The second-order valence-corrected chi connectivity index (χ2v) is 5.66. The zero-order valence-corrected chi connectivity index (χ0v) is 12.5. The van der Waals surface area contributed by atoms with Gasteiger partial charge >= 0.3 is 0 Å². The van der Waals surface area contributed by atoms with Crippen LogP contribution in [0.5, 0.6) is 0 Å². The van der Waals surface area contributed by atoms with E-state index in [-0.39, 0.29) is 24.5 Å². The predicted molar refractivity (Wildman–Crippen MR) is 80.8 cm³/mol. The first-order valence-electron chi connectivity index (χ1n) is 7.28. The molecule has 0 saturated carbocycles. The zero-order chi connectivity index (χ0) is 15.4. The number of amides is 2. The summed E-state index contributed by atoms with van der Waals surface area (Å²) in [4.78, 5) is 25.1. The number of likely N-dealkylation sites (tertiary alicyclic amines) is 1. The molecule has 2 rings (SSSR count). The van der Waals surface area contributed by atoms with E-state index in [0.717, 1.165) is 24.2 Å². The molecule has 1 aromatic carbocycles. The van der Waals surface area contributed by atoms with Gasteiger partial charge in [-0.05, 0) is 30.0 Å². The smallest absolute Gasteiger partial charge is 0.227 e. The summed E-state index contributed by atoms with van der Waals surface area (Å²) in [6, 6.07) is 7.21. The highest BCUT2D eigenvalue weighted by Gasteiger charge is 2.33. The van der Waals surface area contributed by atoms with E-state index in [4.69, 9.17) is 0 Å². The van der Waals surface area contributed by atoms with Crippen LogP contribution in [0.15, 0.2) is 24.3 Å². The number of carbonyl (C=O) groups excluding carboxylic acids is 2. The van der Waals surface area contributed by atoms with Crippen LogP contribution >= 0.6 is 0 Å². The van der Waals surface area contributed by atoms with E-state index in [1.54, 1.807) is 17.0 Å². The number of anilines is 1. The third kappa shape index (κ3) is 3.82. The normalized spacial score (nSPS) is 21.4. The van der Waals surface area contributed by atoms with Crippen molar-refractivity contribution in [3.05, 3.63) is 29.8 Å². The second-order valence-electron chi connectivity index (χ2n) is 5.66. The predicted octanol–water partition coefficient (Wildman–Crippen LogP) is 1.42. The molecule has 2 N–H and O–H groups in total. The fourth-order valence-corrected chi connectivity index (χ4v) is 2.78. The molecule has 5 nitrogen and oxygen atoms in total. The van der Waals surface area contributed by atoms with Crippen LogP contribution in [0.25, 0.3) is 0 Å². The number of hydrogen-bond donors (Lipinski definition) is 2. The van der Waals surface area contributed by atoms with Gasteiger partial charge in [-0.25, -0.2) is 0 Å². The fourth-order valence-electron chi connectivity index (χ4n) is 2.78. The quantitative estimate of drug-likeness (QED) is 0.881. The molecule has 0 aromatic heterocycles. The van der Waals surface area contributed by atoms with Gasteiger partial charge in [0.15, 0.2) is 0 Å². The van der Waals surface area contributed by atoms with Gasteiger partial charge in [0.25, 0.3) is 0 Å². The first-order chi connectivity index (χ1) is 10.0. The summed E-state index contributed by atoms with van der Waals surface area (Å²) in [7, 11) is 0. The van der Waals surface area contributed by atoms with Gasteiger partial charge in [-0.15, -0.1) is 0 Å². The first-order valence-corrected chi connectivity index (χ1v) is 7.28. The number of hydrogen-bond acceptors (Lipinski definition) is 3. The van der Waals surface area contributed by atoms with Crippen LogP contribution < -0.4 is 5.32 Å². The summed E-state index contributed by atoms with van der Waals surface area (Å²) < 4.78 is 0. The molecule has 2 amide bonds. The summed E-state index contributed by atoms with van der Waals surface area (Å²) in [5, 5.41) is 12.1. The molecule has 0 spiro atoms. The lowest BCUT2D eigenvalue weighted by Crippen LogP contribution is -2.40. The number of nitrogens with zero attached hydrogens (tertiary/aromatic N) is 1. The number of nitrogens with one attached hydrogen (secondary N) is 1. The van der Waals surface area contributed by atoms with Crippen molar-refractivity contribution >= 4 is 17.5 Å². The molecule has 114 valence electrons. The Labute approximate surface area is 125 Å². The maximum atomic E-state index is 12.3. The fraction of sp³-hybridized carbons (Fsp3) is 0.500. The Kier molecular flexibility index (Phi) is 4.96. The molecule has 1 aliphatic heterocycles. The van der Waals surface area contributed by atoms with Crippen LogP contribution in [0.3, 0.4) is 0 Å². The minimum Gasteiger partial charge on any atom is -0.394 e. The highest BCUT2D eigenvalue weighted by molar-refractivity contribution is 5.88. The van der Waals surface area contributed by atoms with E-state index >= 15 is 0 Å². The van der Waals surface area contributed by atoms with Crippen LogP contribution in [-0.2, 0) is 16.0 Å². The van der Waals surface area contributed by atoms with Gasteiger partial charge in [-0.3, -0.25) is 9.59 Å². The molecule has 1 fully saturated rings. The molecular formula is C16H22N2O3. The number of benzene rings is 1. The summed E-state index contributed by atoms with van der Waals surface area (Å²) >= 11 is 0. The molecule has 0 aliphatic carbocycles. The minimum atomic E-state index is -0.115. The van der Waals surface area contributed by atoms with Crippen LogP contribution in [0, 0.1) is 5.92 Å². The Morgan fingerprint density at radius 3 is 2.57 bits per heavy atom. The van der Waals surface area contributed by atoms with Crippen molar-refractivity contribution in [3.8, 4) is 0 Å². The van der Waals surface area contributed by atoms with E-state index in [0.29, 0.717) is 12.3 Å². The van der Waals surface area contributed by atoms with Crippen molar-refractivity contribution in [1.29, 1.82) is 0 Å². The standard InChI is InChI=1S/C16H22N2O3/c1-11-7-8-18(15(11)10-19)16(21)9-13-3-5-14(6-4-13)17-12(2)20/h3-6,11,15,19H,7-10H2,1-2H3,(H,17,20). The van der Waals surface area contributed by atoms with Crippen LogP contribution in [-0.4, -0.2) is 41.0 Å². The number of aliphatic hydroxyl groups excluding tert-OH is 1. The van der Waals surface area contributed by atoms with E-state index in [9.17, 15) is 14.7 Å². The van der Waals surface area contributed by atoms with Crippen LogP contribution in [0.4, 0.5) is 5.69 Å². The number of rotatable bonds is 4. The third-order valence-electron chi connectivity index (χ3n) is 4.02. The molecular weight excluding hydrogens is 268 g/mol. The second kappa shape index (κ2) is 6.72. The van der Waals surface area contributed by atoms with Gasteiger partial charge in [0.05, 0.1) is 19.1 Å². The Morgan fingerprint density at radius 2 is 2.00 bits per heavy atom. The van der Waals surface area contributed by atoms with Gasteiger partial charge in [-0.2, -0.15) is 0 Å². The molecule has 0 radical (unpaired) electrons. The number of aliphatic hydroxyl groups is 1. The van der Waals surface area contributed by atoms with Crippen molar-refractivity contribution in [2.45, 2.75) is 32.7 Å². The minimum absolute atomic E-state index is 0.0222. The molecule has 21 heavy (non-hydrogen) atoms. The van der Waals surface area contributed by atoms with Gasteiger partial charge in [0.1, 0.15) is 0 Å². The van der Waals surface area contributed by atoms with Crippen molar-refractivity contribution in [3.63, 3.8) is 0 Å². The monoisotopic (exact) mass is 290 g/mol. The molecule has 1 aromatic rings. The highest BCUT2D eigenvalue weighted by atomic mass is 16.3.